The van der Waals surface area contributed by atoms with E-state index in [1.165, 1.54) is 39.5 Å². The maximum Gasteiger partial charge on any atom is 0.0460 e. The van der Waals surface area contributed by atoms with Crippen molar-refractivity contribution in [2.75, 3.05) is 0 Å². The van der Waals surface area contributed by atoms with Crippen LogP contribution in [0.15, 0.2) is 54.7 Å². The van der Waals surface area contributed by atoms with E-state index in [9.17, 15) is 0 Å². The largest absolute Gasteiger partial charge is 0.361 e. The number of allylic oxidation sites excluding steroid dienone is 2. The van der Waals surface area contributed by atoms with Crippen molar-refractivity contribution in [2.45, 2.75) is 31.1 Å². The molecule has 4 heteroatoms. The van der Waals surface area contributed by atoms with Crippen LogP contribution in [0.2, 0.25) is 10.0 Å². The maximum absolute atomic E-state index is 6.39. The van der Waals surface area contributed by atoms with Crippen LogP contribution in [0.4, 0.5) is 0 Å². The number of hydrogen-bond acceptors (Lipinski definition) is 0. The molecule has 0 saturated carbocycles. The lowest BCUT2D eigenvalue weighted by molar-refractivity contribution is 0.312. The number of halogens is 2. The Morgan fingerprint density at radius 1 is 1.00 bits per heavy atom. The van der Waals surface area contributed by atoms with E-state index in [1.54, 1.807) is 0 Å². The van der Waals surface area contributed by atoms with Crippen LogP contribution in [-0.4, -0.2) is 9.97 Å². The fraction of sp³-hybridized carbons (Fsp3) is 0.250. The van der Waals surface area contributed by atoms with Gasteiger partial charge in [0.15, 0.2) is 0 Å². The summed E-state index contributed by atoms with van der Waals surface area (Å²) in [5, 5.41) is 4.06. The smallest absolute Gasteiger partial charge is 0.0460 e. The van der Waals surface area contributed by atoms with E-state index in [-0.39, 0.29) is 5.41 Å². The summed E-state index contributed by atoms with van der Waals surface area (Å²) < 4.78 is 0. The zero-order valence-corrected chi connectivity index (χ0v) is 17.0. The predicted molar refractivity (Wildman–Crippen MR) is 118 cm³/mol. The van der Waals surface area contributed by atoms with Crippen LogP contribution in [-0.2, 0) is 11.8 Å². The molecule has 2 N–H and O–H groups in total. The van der Waals surface area contributed by atoms with Crippen LogP contribution in [0.25, 0.3) is 21.8 Å². The molecule has 2 bridgehead atoms. The van der Waals surface area contributed by atoms with Crippen LogP contribution in [0.1, 0.15) is 36.1 Å². The van der Waals surface area contributed by atoms with Gasteiger partial charge in [-0.25, -0.2) is 0 Å². The molecule has 2 nitrogen and oxygen atoms in total. The van der Waals surface area contributed by atoms with Gasteiger partial charge in [0.2, 0.25) is 0 Å². The van der Waals surface area contributed by atoms with Crippen molar-refractivity contribution in [2.24, 2.45) is 5.92 Å². The molecule has 0 unspecified atom stereocenters. The highest BCUT2D eigenvalue weighted by molar-refractivity contribution is 6.31. The van der Waals surface area contributed by atoms with Crippen LogP contribution in [0.5, 0.6) is 0 Å². The number of rotatable bonds is 2. The van der Waals surface area contributed by atoms with Crippen molar-refractivity contribution >= 4 is 45.0 Å². The normalized spacial score (nSPS) is 25.7. The number of fused-ring (bicyclic) bond motifs is 7. The summed E-state index contributed by atoms with van der Waals surface area (Å²) in [5.74, 6) is 1.00. The van der Waals surface area contributed by atoms with E-state index in [4.69, 9.17) is 23.2 Å². The van der Waals surface area contributed by atoms with Gasteiger partial charge in [0.05, 0.1) is 0 Å². The van der Waals surface area contributed by atoms with E-state index in [0.717, 1.165) is 22.0 Å². The molecule has 0 spiro atoms. The van der Waals surface area contributed by atoms with Crippen molar-refractivity contribution in [1.82, 2.24) is 9.97 Å². The third-order valence-corrected chi connectivity index (χ3v) is 7.39. The van der Waals surface area contributed by atoms with Crippen molar-refractivity contribution in [3.63, 3.8) is 0 Å². The van der Waals surface area contributed by atoms with E-state index in [1.807, 2.05) is 12.1 Å². The van der Waals surface area contributed by atoms with E-state index < -0.39 is 0 Å². The zero-order valence-electron chi connectivity index (χ0n) is 15.5. The molecule has 2 aliphatic carbocycles. The van der Waals surface area contributed by atoms with E-state index in [2.05, 4.69) is 59.5 Å². The van der Waals surface area contributed by atoms with E-state index >= 15 is 0 Å². The molecule has 3 atom stereocenters. The second-order valence-electron chi connectivity index (χ2n) is 8.54. The van der Waals surface area contributed by atoms with Crippen LogP contribution >= 0.6 is 23.2 Å². The van der Waals surface area contributed by atoms with Gasteiger partial charge in [-0.3, -0.25) is 0 Å². The molecule has 6 rings (SSSR count). The van der Waals surface area contributed by atoms with Gasteiger partial charge in [0.1, 0.15) is 0 Å². The van der Waals surface area contributed by atoms with Gasteiger partial charge in [-0.1, -0.05) is 42.3 Å². The van der Waals surface area contributed by atoms with Gasteiger partial charge in [0, 0.05) is 55.1 Å². The van der Waals surface area contributed by atoms with Crippen LogP contribution in [0, 0.1) is 5.92 Å². The highest BCUT2D eigenvalue weighted by Gasteiger charge is 2.47. The summed E-state index contributed by atoms with van der Waals surface area (Å²) in [7, 11) is 0. The minimum absolute atomic E-state index is 0.000787. The molecule has 28 heavy (non-hydrogen) atoms. The Labute approximate surface area is 173 Å². The lowest BCUT2D eigenvalue weighted by Gasteiger charge is -2.40. The number of benzene rings is 2. The number of hydrogen-bond donors (Lipinski definition) is 2. The van der Waals surface area contributed by atoms with Gasteiger partial charge in [-0.2, -0.15) is 0 Å². The SMILES string of the molecule is C[C@@]1(Cc2c[nH]c3ccc(Cl)cc23)c2c([nH]c3ccc(Cl)cc23)[C@H]2C=C[C@@H]1C2. The molecule has 2 aliphatic rings. The van der Waals surface area contributed by atoms with Crippen LogP contribution in [0.3, 0.4) is 0 Å². The Balaban J connectivity index is 1.58. The maximum atomic E-state index is 6.39. The Kier molecular flexibility index (Phi) is 3.40. The highest BCUT2D eigenvalue weighted by Crippen LogP contribution is 2.55. The third kappa shape index (κ3) is 2.22. The van der Waals surface area contributed by atoms with Gasteiger partial charge >= 0.3 is 0 Å². The minimum Gasteiger partial charge on any atom is -0.361 e. The molecule has 140 valence electrons. The standard InChI is InChI=1S/C24H20Cl2N2/c1-24(11-14-12-27-20-6-4-16(25)9-18(14)20)15-3-2-13(8-15)23-22(24)19-10-17(26)5-7-21(19)28-23/h2-7,9-10,12-13,15,27-28H,8,11H2,1H3/t13-,15+,24-/m0/s1. The first kappa shape index (κ1) is 16.8. The summed E-state index contributed by atoms with van der Waals surface area (Å²) in [6, 6.07) is 12.3. The summed E-state index contributed by atoms with van der Waals surface area (Å²) in [6.45, 7) is 2.42. The summed E-state index contributed by atoms with van der Waals surface area (Å²) in [4.78, 5) is 7.14. The van der Waals surface area contributed by atoms with Crippen molar-refractivity contribution in [3.8, 4) is 0 Å². The summed E-state index contributed by atoms with van der Waals surface area (Å²) in [6.07, 6.45) is 9.10. The molecule has 0 aliphatic heterocycles. The molecule has 4 aromatic rings. The highest BCUT2D eigenvalue weighted by atomic mass is 35.5. The Morgan fingerprint density at radius 2 is 1.75 bits per heavy atom. The average Bonchev–Trinajstić information content (AvgIpc) is 3.37. The molecular formula is C24H20Cl2N2. The van der Waals surface area contributed by atoms with Crippen molar-refractivity contribution in [3.05, 3.63) is 81.6 Å². The summed E-state index contributed by atoms with van der Waals surface area (Å²) >= 11 is 12.7. The second-order valence-corrected chi connectivity index (χ2v) is 9.41. The Hall–Kier alpha value is -2.16. The summed E-state index contributed by atoms with van der Waals surface area (Å²) in [5.41, 5.74) is 6.44. The van der Waals surface area contributed by atoms with Crippen LogP contribution < -0.4 is 0 Å². The minimum atomic E-state index is -0.000787. The zero-order chi connectivity index (χ0) is 19.0. The molecular weight excluding hydrogens is 387 g/mol. The number of nitrogens with one attached hydrogen (secondary N) is 2. The number of aromatic nitrogens is 2. The lowest BCUT2D eigenvalue weighted by Crippen LogP contribution is -2.36. The van der Waals surface area contributed by atoms with Gasteiger partial charge < -0.3 is 9.97 Å². The fourth-order valence-corrected chi connectivity index (χ4v) is 5.91. The average molecular weight is 407 g/mol. The number of H-pyrrole nitrogens is 2. The third-order valence-electron chi connectivity index (χ3n) is 6.92. The van der Waals surface area contributed by atoms with Gasteiger partial charge in [-0.05, 0) is 66.3 Å². The quantitative estimate of drug-likeness (QED) is 0.331. The first-order valence-electron chi connectivity index (χ1n) is 9.78. The van der Waals surface area contributed by atoms with Gasteiger partial charge in [-0.15, -0.1) is 0 Å². The van der Waals surface area contributed by atoms with E-state index in [0.29, 0.717) is 11.8 Å². The lowest BCUT2D eigenvalue weighted by atomic mass is 9.63. The molecule has 0 saturated heterocycles. The monoisotopic (exact) mass is 406 g/mol. The molecule has 2 aromatic heterocycles. The Bertz CT molecular complexity index is 1280. The van der Waals surface area contributed by atoms with Crippen molar-refractivity contribution in [1.29, 1.82) is 0 Å². The number of aromatic amines is 2. The van der Waals surface area contributed by atoms with Crippen molar-refractivity contribution < 1.29 is 0 Å². The molecule has 0 fully saturated rings. The molecule has 2 aromatic carbocycles. The Morgan fingerprint density at radius 3 is 2.57 bits per heavy atom. The molecule has 0 amide bonds. The first-order valence-corrected chi connectivity index (χ1v) is 10.5. The fourth-order valence-electron chi connectivity index (χ4n) is 5.56. The topological polar surface area (TPSA) is 31.6 Å². The molecule has 2 heterocycles. The van der Waals surface area contributed by atoms with Gasteiger partial charge in [0.25, 0.3) is 0 Å². The molecule has 0 radical (unpaired) electrons. The second kappa shape index (κ2) is 5.68. The predicted octanol–water partition coefficient (Wildman–Crippen LogP) is 7.13. The first-order chi connectivity index (χ1) is 13.5.